The Morgan fingerprint density at radius 2 is 1.48 bits per heavy atom. The van der Waals surface area contributed by atoms with Crippen LogP contribution in [0.5, 0.6) is 0 Å². The van der Waals surface area contributed by atoms with Gasteiger partial charge in [0, 0.05) is 13.1 Å². The van der Waals surface area contributed by atoms with Crippen LogP contribution in [0.4, 0.5) is 0 Å². The molecular formula is C17H32N2O4. The van der Waals surface area contributed by atoms with Crippen LogP contribution in [0.25, 0.3) is 0 Å². The van der Waals surface area contributed by atoms with Crippen molar-refractivity contribution in [1.29, 1.82) is 0 Å². The maximum atomic E-state index is 12.0. The summed E-state index contributed by atoms with van der Waals surface area (Å²) in [7, 11) is 4.13. The summed E-state index contributed by atoms with van der Waals surface area (Å²) in [6.45, 7) is 8.22. The maximum Gasteiger partial charge on any atom is 0.306 e. The van der Waals surface area contributed by atoms with Gasteiger partial charge in [-0.05, 0) is 59.3 Å². The Kier molecular flexibility index (Phi) is 8.55. The molecule has 0 N–H and O–H groups in total. The molecule has 0 saturated carbocycles. The lowest BCUT2D eigenvalue weighted by molar-refractivity contribution is -0.151. The fraction of sp³-hybridized carbons (Fsp3) is 0.882. The van der Waals surface area contributed by atoms with Gasteiger partial charge in [0.05, 0.1) is 26.1 Å². The van der Waals surface area contributed by atoms with Gasteiger partial charge in [-0.2, -0.15) is 0 Å². The first kappa shape index (κ1) is 19.9. The van der Waals surface area contributed by atoms with Crippen molar-refractivity contribution in [3.8, 4) is 0 Å². The van der Waals surface area contributed by atoms with Crippen LogP contribution in [0.2, 0.25) is 0 Å². The number of carbonyl (C=O) groups is 2. The van der Waals surface area contributed by atoms with E-state index in [2.05, 4.69) is 23.9 Å². The molecule has 0 amide bonds. The zero-order valence-electron chi connectivity index (χ0n) is 15.1. The molecule has 0 aromatic rings. The minimum Gasteiger partial charge on any atom is -0.466 e. The van der Waals surface area contributed by atoms with Crippen molar-refractivity contribution in [1.82, 2.24) is 9.80 Å². The highest BCUT2D eigenvalue weighted by Gasteiger charge is 2.39. The zero-order chi connectivity index (χ0) is 17.3. The highest BCUT2D eigenvalue weighted by molar-refractivity contribution is 5.74. The van der Waals surface area contributed by atoms with E-state index in [9.17, 15) is 9.59 Å². The number of likely N-dealkylation sites (N-methyl/N-ethyl adjacent to an activating group) is 1. The van der Waals surface area contributed by atoms with Crippen molar-refractivity contribution >= 4 is 11.9 Å². The fourth-order valence-electron chi connectivity index (χ4n) is 3.04. The number of esters is 2. The highest BCUT2D eigenvalue weighted by atomic mass is 16.5. The van der Waals surface area contributed by atoms with E-state index in [0.717, 1.165) is 39.0 Å². The fourth-order valence-corrected chi connectivity index (χ4v) is 3.04. The van der Waals surface area contributed by atoms with Crippen LogP contribution in [0.1, 0.15) is 39.5 Å². The second-order valence-electron chi connectivity index (χ2n) is 6.61. The first-order valence-corrected chi connectivity index (χ1v) is 8.59. The zero-order valence-corrected chi connectivity index (χ0v) is 15.1. The third-order valence-electron chi connectivity index (χ3n) is 4.43. The Labute approximate surface area is 140 Å². The van der Waals surface area contributed by atoms with Gasteiger partial charge in [-0.3, -0.25) is 9.59 Å². The van der Waals surface area contributed by atoms with Crippen molar-refractivity contribution in [2.45, 2.75) is 39.5 Å². The minimum absolute atomic E-state index is 0.210. The first-order valence-electron chi connectivity index (χ1n) is 8.59. The van der Waals surface area contributed by atoms with E-state index >= 15 is 0 Å². The molecule has 0 radical (unpaired) electrons. The molecule has 0 aromatic heterocycles. The van der Waals surface area contributed by atoms with Gasteiger partial charge in [-0.15, -0.1) is 0 Å². The van der Waals surface area contributed by atoms with Gasteiger partial charge < -0.3 is 19.3 Å². The maximum absolute atomic E-state index is 12.0. The molecule has 6 heteroatoms. The molecule has 23 heavy (non-hydrogen) atoms. The number of nitrogens with zero attached hydrogens (tertiary/aromatic N) is 2. The van der Waals surface area contributed by atoms with Gasteiger partial charge >= 0.3 is 11.9 Å². The summed E-state index contributed by atoms with van der Waals surface area (Å²) < 4.78 is 10.2. The summed E-state index contributed by atoms with van der Waals surface area (Å²) in [5, 5.41) is 0. The van der Waals surface area contributed by atoms with Gasteiger partial charge in [0.15, 0.2) is 0 Å². The highest BCUT2D eigenvalue weighted by Crippen LogP contribution is 2.39. The Morgan fingerprint density at radius 1 is 1.00 bits per heavy atom. The standard InChI is InChI=1S/C17H32N2O4/c1-5-22-15(20)13-17(14-16(21)23-6-2)7-9-19(10-8-17)12-11-18(3)4/h5-14H2,1-4H3. The van der Waals surface area contributed by atoms with Crippen molar-refractivity contribution in [3.63, 3.8) is 0 Å². The van der Waals surface area contributed by atoms with Crippen LogP contribution in [-0.4, -0.2) is 75.2 Å². The van der Waals surface area contributed by atoms with Gasteiger partial charge in [-0.1, -0.05) is 0 Å². The summed E-state index contributed by atoms with van der Waals surface area (Å²) in [5.41, 5.74) is -0.312. The number of ether oxygens (including phenoxy) is 2. The Balaban J connectivity index is 2.63. The van der Waals surface area contributed by atoms with E-state index in [1.807, 2.05) is 0 Å². The monoisotopic (exact) mass is 328 g/mol. The molecule has 0 spiro atoms. The number of piperidine rings is 1. The summed E-state index contributed by atoms with van der Waals surface area (Å²) >= 11 is 0. The van der Waals surface area contributed by atoms with Crippen molar-refractivity contribution in [2.24, 2.45) is 5.41 Å². The molecule has 1 aliphatic heterocycles. The summed E-state index contributed by atoms with van der Waals surface area (Å²) in [4.78, 5) is 28.5. The van der Waals surface area contributed by atoms with E-state index in [4.69, 9.17) is 9.47 Å². The largest absolute Gasteiger partial charge is 0.466 e. The second kappa shape index (κ2) is 9.88. The third-order valence-corrected chi connectivity index (χ3v) is 4.43. The molecular weight excluding hydrogens is 296 g/mol. The quantitative estimate of drug-likeness (QED) is 0.598. The Morgan fingerprint density at radius 3 is 1.87 bits per heavy atom. The summed E-state index contributed by atoms with van der Waals surface area (Å²) in [6.07, 6.45) is 2.28. The smallest absolute Gasteiger partial charge is 0.306 e. The average Bonchev–Trinajstić information content (AvgIpc) is 2.47. The van der Waals surface area contributed by atoms with Gasteiger partial charge in [-0.25, -0.2) is 0 Å². The number of rotatable bonds is 9. The molecule has 6 nitrogen and oxygen atoms in total. The molecule has 0 unspecified atom stereocenters. The summed E-state index contributed by atoms with van der Waals surface area (Å²) in [5.74, 6) is -0.419. The molecule has 1 rings (SSSR count). The molecule has 0 bridgehead atoms. The SMILES string of the molecule is CCOC(=O)CC1(CC(=O)OCC)CCN(CCN(C)C)CC1. The van der Waals surface area contributed by atoms with Crippen molar-refractivity contribution in [2.75, 3.05) is 53.5 Å². The molecule has 1 aliphatic rings. The number of carbonyl (C=O) groups excluding carboxylic acids is 2. The normalized spacial score (nSPS) is 18.0. The summed E-state index contributed by atoms with van der Waals surface area (Å²) in [6, 6.07) is 0. The molecule has 1 heterocycles. The van der Waals surface area contributed by atoms with Crippen LogP contribution < -0.4 is 0 Å². The number of hydrogen-bond donors (Lipinski definition) is 0. The Bertz CT molecular complexity index is 355. The lowest BCUT2D eigenvalue weighted by atomic mass is 9.73. The van der Waals surface area contributed by atoms with E-state index < -0.39 is 0 Å². The van der Waals surface area contributed by atoms with Crippen LogP contribution in [0, 0.1) is 5.41 Å². The van der Waals surface area contributed by atoms with Crippen LogP contribution >= 0.6 is 0 Å². The van der Waals surface area contributed by atoms with Gasteiger partial charge in [0.1, 0.15) is 0 Å². The van der Waals surface area contributed by atoms with Crippen LogP contribution in [0.15, 0.2) is 0 Å². The van der Waals surface area contributed by atoms with E-state index in [1.165, 1.54) is 0 Å². The lowest BCUT2D eigenvalue weighted by Gasteiger charge is -2.41. The van der Waals surface area contributed by atoms with E-state index in [1.54, 1.807) is 13.8 Å². The molecule has 0 aromatic carbocycles. The topological polar surface area (TPSA) is 59.1 Å². The van der Waals surface area contributed by atoms with Crippen molar-refractivity contribution < 1.29 is 19.1 Å². The second-order valence-corrected chi connectivity index (χ2v) is 6.61. The van der Waals surface area contributed by atoms with Crippen LogP contribution in [0.3, 0.4) is 0 Å². The first-order chi connectivity index (χ1) is 10.9. The molecule has 0 aliphatic carbocycles. The number of likely N-dealkylation sites (tertiary alicyclic amines) is 1. The van der Waals surface area contributed by atoms with Gasteiger partial charge in [0.25, 0.3) is 0 Å². The van der Waals surface area contributed by atoms with E-state index in [0.29, 0.717) is 26.1 Å². The van der Waals surface area contributed by atoms with Crippen molar-refractivity contribution in [3.05, 3.63) is 0 Å². The molecule has 1 fully saturated rings. The van der Waals surface area contributed by atoms with Crippen LogP contribution in [-0.2, 0) is 19.1 Å². The van der Waals surface area contributed by atoms with E-state index in [-0.39, 0.29) is 17.4 Å². The molecule has 0 atom stereocenters. The predicted molar refractivity (Wildman–Crippen MR) is 89.2 cm³/mol. The Hall–Kier alpha value is -1.14. The molecule has 1 saturated heterocycles. The van der Waals surface area contributed by atoms with Gasteiger partial charge in [0.2, 0.25) is 0 Å². The average molecular weight is 328 g/mol. The predicted octanol–water partition coefficient (Wildman–Crippen LogP) is 1.54. The molecule has 134 valence electrons. The third kappa shape index (κ3) is 7.31. The lowest BCUT2D eigenvalue weighted by Crippen LogP contribution is -2.44. The minimum atomic E-state index is -0.312. The number of hydrogen-bond acceptors (Lipinski definition) is 6.